The van der Waals surface area contributed by atoms with Crippen LogP contribution in [0.25, 0.3) is 0 Å². The average molecular weight is 173 g/mol. The zero-order valence-corrected chi connectivity index (χ0v) is 7.65. The minimum absolute atomic E-state index is 0.148. The van der Waals surface area contributed by atoms with Gasteiger partial charge in [-0.2, -0.15) is 0 Å². The fraction of sp³-hybridized carbons (Fsp3) is 0.875. The van der Waals surface area contributed by atoms with E-state index in [1.165, 1.54) is 13.1 Å². The lowest BCUT2D eigenvalue weighted by atomic mass is 10.1. The van der Waals surface area contributed by atoms with Crippen molar-refractivity contribution in [1.82, 2.24) is 0 Å². The Morgan fingerprint density at radius 1 is 1.67 bits per heavy atom. The first-order valence-corrected chi connectivity index (χ1v) is 3.89. The van der Waals surface area contributed by atoms with Crippen LogP contribution in [-0.4, -0.2) is 37.0 Å². The van der Waals surface area contributed by atoms with Crippen molar-refractivity contribution in [1.29, 1.82) is 0 Å². The summed E-state index contributed by atoms with van der Waals surface area (Å²) in [6.45, 7) is 4.38. The van der Waals surface area contributed by atoms with Crippen LogP contribution < -0.4 is 0 Å². The Morgan fingerprint density at radius 3 is 2.25 bits per heavy atom. The number of aliphatic hydroxyl groups excluding tert-OH is 1. The fourth-order valence-electron chi connectivity index (χ4n) is 0.890. The average Bonchev–Trinajstić information content (AvgIpc) is 2.83. The third-order valence-electron chi connectivity index (χ3n) is 1.55. The first kappa shape index (κ1) is 11.3. The molecule has 1 heterocycles. The maximum absolute atomic E-state index is 8.88. The molecule has 1 fully saturated rings. The molecule has 1 saturated heterocycles. The molecule has 4 heteroatoms. The molecule has 0 aromatic carbocycles. The Kier molecular flexibility index (Phi) is 5.54. The SMILES string of the molecule is CC(C)[C@H]1O[C@@H]1CO.CN=C=O. The maximum Gasteiger partial charge on any atom is 0.234 e. The summed E-state index contributed by atoms with van der Waals surface area (Å²) in [5.74, 6) is 0.562. The molecule has 0 radical (unpaired) electrons. The zero-order chi connectivity index (χ0) is 9.56. The van der Waals surface area contributed by atoms with Crippen molar-refractivity contribution >= 4 is 6.08 Å². The van der Waals surface area contributed by atoms with Gasteiger partial charge in [0.15, 0.2) is 0 Å². The van der Waals surface area contributed by atoms with Crippen LogP contribution in [-0.2, 0) is 9.53 Å². The lowest BCUT2D eigenvalue weighted by Gasteiger charge is -1.93. The van der Waals surface area contributed by atoms with E-state index in [4.69, 9.17) is 14.6 Å². The molecule has 2 atom stereocenters. The van der Waals surface area contributed by atoms with Gasteiger partial charge in [-0.25, -0.2) is 9.79 Å². The van der Waals surface area contributed by atoms with Crippen molar-refractivity contribution in [3.63, 3.8) is 0 Å². The van der Waals surface area contributed by atoms with Crippen LogP contribution in [0.2, 0.25) is 0 Å². The second-order valence-corrected chi connectivity index (χ2v) is 2.88. The highest BCUT2D eigenvalue weighted by Gasteiger charge is 2.40. The van der Waals surface area contributed by atoms with Crippen LogP contribution in [0.1, 0.15) is 13.8 Å². The van der Waals surface area contributed by atoms with E-state index in [2.05, 4.69) is 18.8 Å². The van der Waals surface area contributed by atoms with Gasteiger partial charge in [0.1, 0.15) is 6.10 Å². The van der Waals surface area contributed by atoms with Gasteiger partial charge in [0.05, 0.1) is 12.7 Å². The van der Waals surface area contributed by atoms with Crippen LogP contribution in [0.3, 0.4) is 0 Å². The van der Waals surface area contributed by atoms with Crippen LogP contribution in [0.5, 0.6) is 0 Å². The molecule has 0 bridgehead atoms. The van der Waals surface area contributed by atoms with Gasteiger partial charge >= 0.3 is 0 Å². The van der Waals surface area contributed by atoms with Gasteiger partial charge in [-0.05, 0) is 5.92 Å². The lowest BCUT2D eigenvalue weighted by molar-refractivity contribution is 0.240. The van der Waals surface area contributed by atoms with Crippen molar-refractivity contribution in [2.45, 2.75) is 26.1 Å². The minimum Gasteiger partial charge on any atom is -0.394 e. The molecule has 1 aliphatic rings. The minimum atomic E-state index is 0.148. The van der Waals surface area contributed by atoms with E-state index in [0.29, 0.717) is 12.0 Å². The van der Waals surface area contributed by atoms with Crippen LogP contribution in [0.4, 0.5) is 0 Å². The maximum atomic E-state index is 8.88. The summed E-state index contributed by atoms with van der Waals surface area (Å²) in [6.07, 6.45) is 1.79. The van der Waals surface area contributed by atoms with Crippen LogP contribution in [0, 0.1) is 5.92 Å². The second kappa shape index (κ2) is 5.89. The lowest BCUT2D eigenvalue weighted by Crippen LogP contribution is -2.04. The summed E-state index contributed by atoms with van der Waals surface area (Å²) in [7, 11) is 1.38. The smallest absolute Gasteiger partial charge is 0.234 e. The van der Waals surface area contributed by atoms with Gasteiger partial charge in [-0.3, -0.25) is 0 Å². The number of epoxide rings is 1. The van der Waals surface area contributed by atoms with Crippen molar-refractivity contribution in [3.05, 3.63) is 0 Å². The number of nitrogens with zero attached hydrogens (tertiary/aromatic N) is 1. The highest BCUT2D eigenvalue weighted by Crippen LogP contribution is 2.27. The van der Waals surface area contributed by atoms with Crippen molar-refractivity contribution in [3.8, 4) is 0 Å². The number of hydrogen-bond acceptors (Lipinski definition) is 4. The second-order valence-electron chi connectivity index (χ2n) is 2.88. The summed E-state index contributed by atoms with van der Waals surface area (Å²) < 4.78 is 5.08. The Morgan fingerprint density at radius 2 is 2.17 bits per heavy atom. The largest absolute Gasteiger partial charge is 0.394 e. The van der Waals surface area contributed by atoms with Crippen LogP contribution >= 0.6 is 0 Å². The number of ether oxygens (including phenoxy) is 1. The monoisotopic (exact) mass is 173 g/mol. The molecule has 12 heavy (non-hydrogen) atoms. The third-order valence-corrected chi connectivity index (χ3v) is 1.55. The predicted molar refractivity (Wildman–Crippen MR) is 44.6 cm³/mol. The third kappa shape index (κ3) is 4.23. The van der Waals surface area contributed by atoms with E-state index in [1.807, 2.05) is 0 Å². The van der Waals surface area contributed by atoms with Gasteiger partial charge in [0, 0.05) is 7.05 Å². The van der Waals surface area contributed by atoms with Crippen molar-refractivity contribution < 1.29 is 14.6 Å². The molecule has 0 unspecified atom stereocenters. The summed E-state index contributed by atoms with van der Waals surface area (Å²) in [5, 5.41) is 8.50. The summed E-state index contributed by atoms with van der Waals surface area (Å²) in [5.41, 5.74) is 0. The van der Waals surface area contributed by atoms with E-state index in [-0.39, 0.29) is 12.7 Å². The highest BCUT2D eigenvalue weighted by atomic mass is 16.6. The highest BCUT2D eigenvalue weighted by molar-refractivity contribution is 5.32. The first-order chi connectivity index (χ1) is 5.67. The van der Waals surface area contributed by atoms with Crippen LogP contribution in [0.15, 0.2) is 4.99 Å². The Hall–Kier alpha value is -0.700. The number of carbonyl (C=O) groups excluding carboxylic acids is 1. The molecule has 4 nitrogen and oxygen atoms in total. The number of hydrogen-bond donors (Lipinski definition) is 1. The quantitative estimate of drug-likeness (QED) is 0.372. The molecule has 0 amide bonds. The topological polar surface area (TPSA) is 62.2 Å². The van der Waals surface area contributed by atoms with Gasteiger partial charge < -0.3 is 9.84 Å². The molecular weight excluding hydrogens is 158 g/mol. The number of aliphatic hydroxyl groups is 1. The summed E-state index contributed by atoms with van der Waals surface area (Å²) >= 11 is 0. The molecule has 70 valence electrons. The molecule has 0 spiro atoms. The summed E-state index contributed by atoms with van der Waals surface area (Å²) in [6, 6.07) is 0. The number of isocyanates is 1. The predicted octanol–water partition coefficient (Wildman–Crippen LogP) is 0.354. The standard InChI is InChI=1S/C6H12O2.C2H3NO/c1-4(2)6-5(3-7)8-6;1-3-2-4/h4-7H,3H2,1-2H3;1H3/t5-,6-;/m1./s1. The number of aliphatic imine (C=N–C) groups is 1. The number of rotatable bonds is 2. The van der Waals surface area contributed by atoms with Gasteiger partial charge in [-0.1, -0.05) is 13.8 Å². The zero-order valence-electron chi connectivity index (χ0n) is 7.65. The molecule has 0 aromatic rings. The van der Waals surface area contributed by atoms with E-state index in [1.54, 1.807) is 0 Å². The van der Waals surface area contributed by atoms with Gasteiger partial charge in [0.2, 0.25) is 6.08 Å². The fourth-order valence-corrected chi connectivity index (χ4v) is 0.890. The Balaban J connectivity index is 0.000000261. The van der Waals surface area contributed by atoms with Gasteiger partial charge in [-0.15, -0.1) is 0 Å². The van der Waals surface area contributed by atoms with E-state index in [0.717, 1.165) is 0 Å². The van der Waals surface area contributed by atoms with E-state index >= 15 is 0 Å². The summed E-state index contributed by atoms with van der Waals surface area (Å²) in [4.78, 5) is 11.8. The Labute approximate surface area is 72.3 Å². The Bertz CT molecular complexity index is 164. The molecule has 1 aliphatic heterocycles. The van der Waals surface area contributed by atoms with Gasteiger partial charge in [0.25, 0.3) is 0 Å². The van der Waals surface area contributed by atoms with Crippen molar-refractivity contribution in [2.75, 3.05) is 13.7 Å². The van der Waals surface area contributed by atoms with E-state index in [9.17, 15) is 0 Å². The van der Waals surface area contributed by atoms with E-state index < -0.39 is 0 Å². The first-order valence-electron chi connectivity index (χ1n) is 3.89. The molecule has 1 rings (SSSR count). The molecule has 1 N–H and O–H groups in total. The molecule has 0 aromatic heterocycles. The van der Waals surface area contributed by atoms with Crippen molar-refractivity contribution in [2.24, 2.45) is 10.9 Å². The molecule has 0 aliphatic carbocycles. The normalized spacial score (nSPS) is 25.4. The molecular formula is C8H15NO3. The molecule has 0 saturated carbocycles.